The molecule has 1 aromatic heterocycles. The molecule has 1 aliphatic heterocycles. The number of anilines is 1. The lowest BCUT2D eigenvalue weighted by Gasteiger charge is -2.24. The van der Waals surface area contributed by atoms with Gasteiger partial charge in [0.15, 0.2) is 0 Å². The molecule has 2 rings (SSSR count). The molecule has 0 aliphatic carbocycles. The fourth-order valence-electron chi connectivity index (χ4n) is 2.16. The Morgan fingerprint density at radius 1 is 1.38 bits per heavy atom. The zero-order valence-electron chi connectivity index (χ0n) is 12.7. The normalized spacial score (nSPS) is 18.6. The molecule has 130 valence electrons. The molecule has 7 nitrogen and oxygen atoms in total. The third kappa shape index (κ3) is 4.00. The molecule has 2 N–H and O–H groups in total. The number of nitrogens with one attached hydrogen (secondary N) is 2. The van der Waals surface area contributed by atoms with E-state index in [4.69, 9.17) is 0 Å². The summed E-state index contributed by atoms with van der Waals surface area (Å²) in [5.41, 5.74) is -0.968. The third-order valence-electron chi connectivity index (χ3n) is 3.51. The second kappa shape index (κ2) is 6.85. The number of hydrogen-bond acceptors (Lipinski definition) is 4. The van der Waals surface area contributed by atoms with Crippen LogP contribution in [0.5, 0.6) is 0 Å². The maximum absolute atomic E-state index is 12.4. The minimum absolute atomic E-state index is 0.187. The highest BCUT2D eigenvalue weighted by Gasteiger charge is 2.33. The van der Waals surface area contributed by atoms with E-state index >= 15 is 0 Å². The smallest absolute Gasteiger partial charge is 0.354 e. The van der Waals surface area contributed by atoms with E-state index in [1.165, 1.54) is 6.92 Å². The molecular formula is C14H15F3N4O3. The minimum Gasteiger partial charge on any atom is -0.354 e. The second-order valence-corrected chi connectivity index (χ2v) is 5.20. The molecule has 1 aromatic rings. The summed E-state index contributed by atoms with van der Waals surface area (Å²) in [4.78, 5) is 40.4. The number of aromatic nitrogens is 1. The van der Waals surface area contributed by atoms with Gasteiger partial charge in [-0.25, -0.2) is 4.98 Å². The predicted molar refractivity (Wildman–Crippen MR) is 76.7 cm³/mol. The fourth-order valence-corrected chi connectivity index (χ4v) is 2.16. The van der Waals surface area contributed by atoms with Gasteiger partial charge in [0.1, 0.15) is 11.9 Å². The summed E-state index contributed by atoms with van der Waals surface area (Å²) in [5, 5.41) is 4.74. The highest BCUT2D eigenvalue weighted by Crippen LogP contribution is 2.28. The van der Waals surface area contributed by atoms with Crippen molar-refractivity contribution in [3.05, 3.63) is 23.9 Å². The van der Waals surface area contributed by atoms with Crippen LogP contribution in [0.15, 0.2) is 18.3 Å². The quantitative estimate of drug-likeness (QED) is 0.737. The van der Waals surface area contributed by atoms with Crippen LogP contribution in [-0.2, 0) is 20.6 Å². The van der Waals surface area contributed by atoms with Gasteiger partial charge in [0.05, 0.1) is 5.56 Å². The van der Waals surface area contributed by atoms with Gasteiger partial charge in [-0.05, 0) is 25.5 Å². The van der Waals surface area contributed by atoms with Crippen LogP contribution in [0.2, 0.25) is 0 Å². The van der Waals surface area contributed by atoms with E-state index in [-0.39, 0.29) is 18.3 Å². The van der Waals surface area contributed by atoms with E-state index in [9.17, 15) is 27.6 Å². The molecule has 1 atom stereocenters. The lowest BCUT2D eigenvalue weighted by molar-refractivity contribution is -0.146. The summed E-state index contributed by atoms with van der Waals surface area (Å²) in [5.74, 6) is -2.57. The van der Waals surface area contributed by atoms with Crippen LogP contribution < -0.4 is 10.6 Å². The topological polar surface area (TPSA) is 91.4 Å². The number of carbonyl (C=O) groups is 3. The number of halogens is 3. The Kier molecular flexibility index (Phi) is 5.05. The predicted octanol–water partition coefficient (Wildman–Crippen LogP) is 0.776. The van der Waals surface area contributed by atoms with Gasteiger partial charge < -0.3 is 15.5 Å². The Morgan fingerprint density at radius 2 is 2.08 bits per heavy atom. The molecule has 10 heteroatoms. The summed E-state index contributed by atoms with van der Waals surface area (Å²) in [6.45, 7) is 2.10. The van der Waals surface area contributed by atoms with Crippen LogP contribution in [0, 0.1) is 0 Å². The van der Waals surface area contributed by atoms with Crippen LogP contribution in [0.4, 0.5) is 19.0 Å². The zero-order chi connectivity index (χ0) is 17.9. The number of nitrogens with zero attached hydrogens (tertiary/aromatic N) is 2. The van der Waals surface area contributed by atoms with E-state index < -0.39 is 29.6 Å². The SMILES string of the molecule is CC1C(=O)NCCCN1C(=O)C(=O)Nc1ccc(C(F)(F)F)cn1. The highest BCUT2D eigenvalue weighted by atomic mass is 19.4. The van der Waals surface area contributed by atoms with Gasteiger partial charge in [-0.1, -0.05) is 0 Å². The van der Waals surface area contributed by atoms with Gasteiger partial charge in [-0.2, -0.15) is 13.2 Å². The van der Waals surface area contributed by atoms with Gasteiger partial charge in [0.25, 0.3) is 0 Å². The Balaban J connectivity index is 2.06. The lowest BCUT2D eigenvalue weighted by Crippen LogP contribution is -2.49. The van der Waals surface area contributed by atoms with Gasteiger partial charge in [0, 0.05) is 19.3 Å². The zero-order valence-corrected chi connectivity index (χ0v) is 12.7. The van der Waals surface area contributed by atoms with E-state index in [0.29, 0.717) is 19.2 Å². The lowest BCUT2D eigenvalue weighted by atomic mass is 10.2. The first kappa shape index (κ1) is 17.7. The van der Waals surface area contributed by atoms with E-state index in [1.807, 2.05) is 0 Å². The van der Waals surface area contributed by atoms with Gasteiger partial charge >= 0.3 is 18.0 Å². The molecule has 0 radical (unpaired) electrons. The number of hydrogen-bond donors (Lipinski definition) is 2. The Bertz CT molecular complexity index is 646. The summed E-state index contributed by atoms with van der Waals surface area (Å²) in [7, 11) is 0. The Hall–Kier alpha value is -2.65. The molecule has 1 saturated heterocycles. The fraction of sp³-hybridized carbons (Fsp3) is 0.429. The Labute approximate surface area is 135 Å². The van der Waals surface area contributed by atoms with Crippen LogP contribution >= 0.6 is 0 Å². The monoisotopic (exact) mass is 344 g/mol. The number of pyridine rings is 1. The van der Waals surface area contributed by atoms with Crippen molar-refractivity contribution in [2.24, 2.45) is 0 Å². The average molecular weight is 344 g/mol. The van der Waals surface area contributed by atoms with Gasteiger partial charge in [-0.15, -0.1) is 0 Å². The first-order chi connectivity index (χ1) is 11.2. The average Bonchev–Trinajstić information content (AvgIpc) is 2.68. The van der Waals surface area contributed by atoms with Crippen LogP contribution in [-0.4, -0.2) is 46.7 Å². The maximum atomic E-state index is 12.4. The molecule has 1 fully saturated rings. The molecule has 2 heterocycles. The standard InChI is InChI=1S/C14H15F3N4O3/c1-8-11(22)18-5-2-6-21(8)13(24)12(23)20-10-4-3-9(7-19-10)14(15,16)17/h3-4,7-8H,2,5-6H2,1H3,(H,18,22)(H,19,20,23). The van der Waals surface area contributed by atoms with E-state index in [1.54, 1.807) is 0 Å². The van der Waals surface area contributed by atoms with Crippen LogP contribution in [0.3, 0.4) is 0 Å². The van der Waals surface area contributed by atoms with Crippen molar-refractivity contribution in [1.29, 1.82) is 0 Å². The van der Waals surface area contributed by atoms with Crippen LogP contribution in [0.1, 0.15) is 18.9 Å². The number of rotatable bonds is 1. The molecule has 0 saturated carbocycles. The molecule has 1 unspecified atom stereocenters. The summed E-state index contributed by atoms with van der Waals surface area (Å²) in [6.07, 6.45) is -3.49. The van der Waals surface area contributed by atoms with Crippen molar-refractivity contribution >= 4 is 23.5 Å². The second-order valence-electron chi connectivity index (χ2n) is 5.20. The third-order valence-corrected chi connectivity index (χ3v) is 3.51. The Morgan fingerprint density at radius 3 is 2.67 bits per heavy atom. The molecular weight excluding hydrogens is 329 g/mol. The van der Waals surface area contributed by atoms with Crippen molar-refractivity contribution in [3.63, 3.8) is 0 Å². The maximum Gasteiger partial charge on any atom is 0.417 e. The molecule has 0 spiro atoms. The van der Waals surface area contributed by atoms with Crippen LogP contribution in [0.25, 0.3) is 0 Å². The number of alkyl halides is 3. The van der Waals surface area contributed by atoms with E-state index in [2.05, 4.69) is 15.6 Å². The first-order valence-corrected chi connectivity index (χ1v) is 7.13. The summed E-state index contributed by atoms with van der Waals surface area (Å²) >= 11 is 0. The number of amides is 3. The highest BCUT2D eigenvalue weighted by molar-refractivity contribution is 6.39. The van der Waals surface area contributed by atoms with Crippen molar-refractivity contribution < 1.29 is 27.6 Å². The first-order valence-electron chi connectivity index (χ1n) is 7.13. The number of carbonyl (C=O) groups excluding carboxylic acids is 3. The van der Waals surface area contributed by atoms with E-state index in [0.717, 1.165) is 17.0 Å². The molecule has 3 amide bonds. The van der Waals surface area contributed by atoms with Gasteiger partial charge in [-0.3, -0.25) is 14.4 Å². The molecule has 0 aromatic carbocycles. The summed E-state index contributed by atoms with van der Waals surface area (Å²) < 4.78 is 37.3. The van der Waals surface area contributed by atoms with Gasteiger partial charge in [0.2, 0.25) is 5.91 Å². The van der Waals surface area contributed by atoms with Crippen molar-refractivity contribution in [1.82, 2.24) is 15.2 Å². The molecule has 24 heavy (non-hydrogen) atoms. The minimum atomic E-state index is -4.54. The molecule has 0 bridgehead atoms. The van der Waals surface area contributed by atoms with Crippen molar-refractivity contribution in [2.45, 2.75) is 25.6 Å². The molecule has 1 aliphatic rings. The summed E-state index contributed by atoms with van der Waals surface area (Å²) in [6, 6.07) is 0.882. The largest absolute Gasteiger partial charge is 0.417 e. The van der Waals surface area contributed by atoms with Crippen molar-refractivity contribution in [2.75, 3.05) is 18.4 Å². The van der Waals surface area contributed by atoms with Crippen molar-refractivity contribution in [3.8, 4) is 0 Å².